The molecule has 512 valence electrons. The van der Waals surface area contributed by atoms with Crippen molar-refractivity contribution in [1.82, 2.24) is 14.2 Å². The lowest BCUT2D eigenvalue weighted by Gasteiger charge is -2.40. The second-order valence-corrected chi connectivity index (χ2v) is 29.5. The van der Waals surface area contributed by atoms with Gasteiger partial charge in [0.1, 0.15) is 24.4 Å². The van der Waals surface area contributed by atoms with Gasteiger partial charge in [0, 0.05) is 70.9 Å². The molecule has 0 amide bonds. The van der Waals surface area contributed by atoms with Gasteiger partial charge in [0.2, 0.25) is 20.8 Å². The minimum absolute atomic E-state index is 0.00683. The Morgan fingerprint density at radius 1 is 0.349 bits per heavy atom. The van der Waals surface area contributed by atoms with E-state index in [0.29, 0.717) is 0 Å². The number of rotatable bonds is 18. The third-order valence-corrected chi connectivity index (χ3v) is 18.5. The topological polar surface area (TPSA) is 795 Å². The van der Waals surface area contributed by atoms with Gasteiger partial charge in [0.25, 0.3) is 0 Å². The largest absolute Gasteiger partial charge is 0.748 e. The quantitative estimate of drug-likeness (QED) is 0.0448. The van der Waals surface area contributed by atoms with Crippen LogP contribution in [0.4, 0.5) is 0 Å². The van der Waals surface area contributed by atoms with Crippen molar-refractivity contribution in [2.45, 2.75) is 156 Å². The highest BCUT2D eigenvalue weighted by atomic mass is 32.3. The molecule has 10 unspecified atom stereocenters. The first kappa shape index (κ1) is 81.6. The average Bonchev–Trinajstić information content (AvgIpc) is 1.45. The summed E-state index contributed by atoms with van der Waals surface area (Å²) in [6.07, 6.45) is -19.7. The van der Waals surface area contributed by atoms with Gasteiger partial charge in [-0.25, -0.2) is 81.5 Å². The van der Waals surface area contributed by atoms with E-state index in [1.807, 2.05) is 0 Å². The number of carbonyl (C=O) groups is 2. The maximum atomic E-state index is 10.7. The van der Waals surface area contributed by atoms with Crippen LogP contribution in [0.3, 0.4) is 0 Å². The minimum Gasteiger partial charge on any atom is -0.748 e. The molecule has 43 nitrogen and oxygen atoms in total. The molecule has 0 aromatic carbocycles. The number of aliphatic hydroxyl groups is 10. The molecule has 0 heterocycles. The Balaban J connectivity index is 0.000000543. The average molecular weight is 1420 g/mol. The van der Waals surface area contributed by atoms with E-state index in [4.69, 9.17) is 15.3 Å². The lowest BCUT2D eigenvalue weighted by Crippen LogP contribution is -2.56. The van der Waals surface area contributed by atoms with Crippen molar-refractivity contribution in [2.75, 3.05) is 17.3 Å². The Kier molecular flexibility index (Phi) is 31.1. The highest BCUT2D eigenvalue weighted by molar-refractivity contribution is 7.86. The van der Waals surface area contributed by atoms with E-state index in [9.17, 15) is 159 Å². The maximum Gasteiger partial charge on any atom is 0.218 e. The third kappa shape index (κ3) is 31.1. The van der Waals surface area contributed by atoms with Crippen LogP contribution in [0.1, 0.15) is 64.2 Å². The molecule has 13 N–H and O–H groups in total. The van der Waals surface area contributed by atoms with Gasteiger partial charge in [-0.15, -0.1) is 0 Å². The molecule has 0 saturated heterocycles. The molecule has 5 fully saturated rings. The van der Waals surface area contributed by atoms with Gasteiger partial charge in [0.05, 0.1) is 85.2 Å². The fourth-order valence-corrected chi connectivity index (χ4v) is 14.9. The molecule has 51 heteroatoms. The normalized spacial score (nSPS) is 35.0. The standard InChI is InChI=1S/C7H15NO11S3.2C7H15NO8S2.C7H12O8S.C7H12O5/c9-6-4(3-20(10,11)12)1-2-5(8-21(13,14)15)7(6)19-22(16,17)18;2*9-6-4(3-17(11,12)13)1-2-5(7(6)10)8-18(14,15)16;8-5-3(7(10)11)1-2-4(6(5)9)15-16(12,13)14;8-4-2-1-3(7(11)12)5(9)6(4)10/h4-9H,1-3H2,(H,10,11,12)(H,13,14,15)(H,16,17,18);2*4-10H,1-3H2,(H,11,12,13)(H,14,15,16);3-6,8-9H,1-2H2,(H,10,11)(H,12,13,14);3-6,8-10H,1-2H2,(H,11,12)/p-10/t3*4?,5?,6-,7+;2*3?,4?,5-,6+/m11111/s1. The van der Waals surface area contributed by atoms with Crippen molar-refractivity contribution in [3.8, 4) is 0 Å². The molecule has 5 aliphatic carbocycles. The van der Waals surface area contributed by atoms with E-state index >= 15 is 0 Å². The number of nitrogens with one attached hydrogen (secondary N) is 3. The predicted octanol–water partition coefficient (Wildman–Crippen LogP) is -15.3. The fraction of sp³-hybridized carbons (Fsp3) is 0.943. The van der Waals surface area contributed by atoms with Crippen LogP contribution in [0.15, 0.2) is 0 Å². The van der Waals surface area contributed by atoms with Crippen LogP contribution < -0.4 is 24.4 Å². The highest BCUT2D eigenvalue weighted by Crippen LogP contribution is 2.32. The molecule has 5 rings (SSSR count). The number of carboxylic acid groups (broad SMARTS) is 2. The zero-order chi connectivity index (χ0) is 67.4. The molecule has 0 radical (unpaired) electrons. The van der Waals surface area contributed by atoms with Gasteiger partial charge < -0.3 is 107 Å². The Bertz CT molecular complexity index is 2970. The van der Waals surface area contributed by atoms with Crippen molar-refractivity contribution in [1.29, 1.82) is 0 Å². The molecule has 0 aromatic rings. The van der Waals surface area contributed by atoms with Crippen LogP contribution in [0, 0.1) is 29.6 Å². The van der Waals surface area contributed by atoms with Gasteiger partial charge in [-0.3, -0.25) is 8.37 Å². The Hall–Kier alpha value is -2.38. The summed E-state index contributed by atoms with van der Waals surface area (Å²) in [4.78, 5) is 20.9. The Morgan fingerprint density at radius 2 is 0.651 bits per heavy atom. The van der Waals surface area contributed by atoms with Crippen LogP contribution in [-0.2, 0) is 100 Å². The van der Waals surface area contributed by atoms with Crippen molar-refractivity contribution >= 4 is 94.0 Å². The number of carboxylic acids is 2. The lowest BCUT2D eigenvalue weighted by atomic mass is 9.83. The molecule has 0 aromatic heterocycles. The monoisotopic (exact) mass is 1420 g/mol. The zero-order valence-corrected chi connectivity index (χ0v) is 49.8. The lowest BCUT2D eigenvalue weighted by molar-refractivity contribution is -0.319. The van der Waals surface area contributed by atoms with E-state index in [-0.39, 0.29) is 64.2 Å². The first-order chi connectivity index (χ1) is 38.4. The van der Waals surface area contributed by atoms with E-state index in [0.717, 1.165) is 0 Å². The van der Waals surface area contributed by atoms with E-state index in [1.54, 1.807) is 9.44 Å². The summed E-state index contributed by atoms with van der Waals surface area (Å²) in [5.74, 6) is -11.3. The number of aliphatic carboxylic acids is 2. The Labute approximate surface area is 491 Å². The van der Waals surface area contributed by atoms with E-state index < -0.39 is 232 Å². The molecule has 20 atom stereocenters. The number of hydrogen-bond acceptors (Lipinski definition) is 40. The zero-order valence-electron chi connectivity index (χ0n) is 43.2. The highest BCUT2D eigenvalue weighted by Gasteiger charge is 2.44. The first-order valence-electron chi connectivity index (χ1n) is 23.9. The van der Waals surface area contributed by atoms with E-state index in [2.05, 4.69) is 8.37 Å². The van der Waals surface area contributed by atoms with Crippen LogP contribution >= 0.6 is 0 Å². The number of carbonyl (C=O) groups excluding carboxylic acids is 2. The summed E-state index contributed by atoms with van der Waals surface area (Å²) in [5.41, 5.74) is 0. The van der Waals surface area contributed by atoms with Crippen LogP contribution in [-0.4, -0.2) is 275 Å². The summed E-state index contributed by atoms with van der Waals surface area (Å²) in [5, 5.41) is 115. The molecule has 0 aliphatic heterocycles. The summed E-state index contributed by atoms with van der Waals surface area (Å²) in [7, 11) is -38.9. The van der Waals surface area contributed by atoms with Gasteiger partial charge in [-0.05, 0) is 64.2 Å². The molecule has 0 spiro atoms. The second kappa shape index (κ2) is 32.8. The van der Waals surface area contributed by atoms with Crippen molar-refractivity contribution < 1.29 is 183 Å². The molecular weight excluding hydrogens is 1360 g/mol. The summed E-state index contributed by atoms with van der Waals surface area (Å²) in [6, 6.07) is -3.94. The molecular formula is C35H59N3O40S8-10. The molecule has 86 heavy (non-hydrogen) atoms. The van der Waals surface area contributed by atoms with Crippen molar-refractivity contribution in [2.24, 2.45) is 29.6 Å². The van der Waals surface area contributed by atoms with Gasteiger partial charge in [-0.2, -0.15) is 0 Å². The molecule has 5 aliphatic rings. The van der Waals surface area contributed by atoms with Gasteiger partial charge in [0.15, 0.2) is 30.9 Å². The number of hydrogen-bond donors (Lipinski definition) is 13. The van der Waals surface area contributed by atoms with Crippen molar-refractivity contribution in [3.05, 3.63) is 0 Å². The third-order valence-electron chi connectivity index (χ3n) is 13.3. The van der Waals surface area contributed by atoms with Crippen molar-refractivity contribution in [3.63, 3.8) is 0 Å². The second-order valence-electron chi connectivity index (χ2n) is 19.7. The summed E-state index contributed by atoms with van der Waals surface area (Å²) >= 11 is 0. The minimum atomic E-state index is -5.39. The van der Waals surface area contributed by atoms with Crippen LogP contribution in [0.25, 0.3) is 0 Å². The fourth-order valence-electron chi connectivity index (χ4n) is 9.34. The van der Waals surface area contributed by atoms with Gasteiger partial charge >= 0.3 is 0 Å². The number of aliphatic hydroxyl groups excluding tert-OH is 10. The van der Waals surface area contributed by atoms with Crippen LogP contribution in [0.2, 0.25) is 0 Å². The Morgan fingerprint density at radius 3 is 0.965 bits per heavy atom. The maximum absolute atomic E-state index is 10.7. The molecule has 0 bridgehead atoms. The SMILES string of the molecule is O=C([O-])C1CCC(O)[C@H](O)[C@@H]1O.O=C([O-])C1CCC(OS(=O)(=O)[O-])[C@H](O)[C@@H]1O.O=S(=O)([O-])CC1CCC(NS(=O)(=O)[O-])[C@H](O)[C@@H]1O.O=S(=O)([O-])CC1CCC(NS(=O)(=O)[O-])[C@H](O)[C@@H]1O.O=S(=O)([O-])CC1CCC(NS(=O)(=O)[O-])[C@H](OS(=O)(=O)[O-])[C@@H]1O. The van der Waals surface area contributed by atoms with E-state index in [1.165, 1.54) is 4.72 Å². The smallest absolute Gasteiger partial charge is 0.218 e. The summed E-state index contributed by atoms with van der Waals surface area (Å²) < 4.78 is 265. The first-order valence-corrected chi connectivity index (χ1v) is 35.6. The van der Waals surface area contributed by atoms with Gasteiger partial charge in [-0.1, -0.05) is 0 Å². The summed E-state index contributed by atoms with van der Waals surface area (Å²) in [6.45, 7) is 0. The van der Waals surface area contributed by atoms with Crippen LogP contribution in [0.5, 0.6) is 0 Å². The predicted molar refractivity (Wildman–Crippen MR) is 256 cm³/mol. The molecule has 5 saturated carbocycles.